The molecule has 3 aliphatic heterocycles. The van der Waals surface area contributed by atoms with E-state index in [1.54, 1.807) is 0 Å². The van der Waals surface area contributed by atoms with Gasteiger partial charge in [-0.1, -0.05) is 13.5 Å². The fourth-order valence-electron chi connectivity index (χ4n) is 6.42. The largest absolute Gasteiger partial charge is 0.371 e. The van der Waals surface area contributed by atoms with Crippen LogP contribution < -0.4 is 26.2 Å². The first-order valence-electron chi connectivity index (χ1n) is 15.2. The van der Waals surface area contributed by atoms with Crippen molar-refractivity contribution >= 4 is 34.8 Å². The van der Waals surface area contributed by atoms with E-state index in [1.807, 2.05) is 13.0 Å². The molecule has 4 heterocycles. The van der Waals surface area contributed by atoms with Crippen LogP contribution in [0, 0.1) is 6.92 Å². The van der Waals surface area contributed by atoms with Crippen LogP contribution in [0.4, 0.5) is 23.0 Å². The molecule has 4 N–H and O–H groups in total. The van der Waals surface area contributed by atoms with Gasteiger partial charge in [0, 0.05) is 75.8 Å². The van der Waals surface area contributed by atoms with Crippen LogP contribution in [0.1, 0.15) is 47.9 Å². The molecular weight excluding hydrogens is 530 g/mol. The van der Waals surface area contributed by atoms with Gasteiger partial charge in [0.25, 0.3) is 5.91 Å². The first-order valence-corrected chi connectivity index (χ1v) is 15.2. The molecule has 0 saturated carbocycles. The van der Waals surface area contributed by atoms with E-state index < -0.39 is 5.91 Å². The summed E-state index contributed by atoms with van der Waals surface area (Å²) in [6.07, 6.45) is 5.04. The third-order valence-corrected chi connectivity index (χ3v) is 8.85. The predicted molar refractivity (Wildman–Crippen MR) is 168 cm³/mol. The Bertz CT molecular complexity index is 1300. The van der Waals surface area contributed by atoms with Crippen molar-refractivity contribution in [2.75, 3.05) is 74.5 Å². The minimum absolute atomic E-state index is 0.00366. The highest BCUT2D eigenvalue weighted by Crippen LogP contribution is 2.31. The molecule has 226 valence electrons. The molecule has 0 radical (unpaired) electrons. The van der Waals surface area contributed by atoms with Gasteiger partial charge in [0.15, 0.2) is 17.3 Å². The molecular formula is C31H45N9O2. The van der Waals surface area contributed by atoms with Gasteiger partial charge in [0.2, 0.25) is 5.91 Å². The van der Waals surface area contributed by atoms with Crippen molar-refractivity contribution in [1.82, 2.24) is 25.1 Å². The third-order valence-electron chi connectivity index (χ3n) is 8.85. The second-order valence-electron chi connectivity index (χ2n) is 11.7. The molecule has 1 atom stereocenters. The molecule has 3 saturated heterocycles. The lowest BCUT2D eigenvalue weighted by Gasteiger charge is -2.43. The number of piperazine rings is 1. The highest BCUT2D eigenvalue weighted by molar-refractivity contribution is 5.96. The van der Waals surface area contributed by atoms with E-state index >= 15 is 0 Å². The van der Waals surface area contributed by atoms with Crippen LogP contribution in [0.3, 0.4) is 0 Å². The van der Waals surface area contributed by atoms with Crippen molar-refractivity contribution in [3.05, 3.63) is 47.8 Å². The van der Waals surface area contributed by atoms with Crippen LogP contribution in [-0.2, 0) is 11.2 Å². The van der Waals surface area contributed by atoms with Crippen LogP contribution in [0.15, 0.2) is 30.9 Å². The van der Waals surface area contributed by atoms with E-state index in [0.29, 0.717) is 36.3 Å². The Balaban J connectivity index is 1.29. The van der Waals surface area contributed by atoms with Crippen LogP contribution in [0.2, 0.25) is 0 Å². The molecule has 0 aliphatic carbocycles. The number of carbonyl (C=O) groups is 2. The average molecular weight is 576 g/mol. The van der Waals surface area contributed by atoms with Crippen molar-refractivity contribution in [3.8, 4) is 0 Å². The molecule has 11 nitrogen and oxygen atoms in total. The molecule has 5 rings (SSSR count). The Morgan fingerprint density at radius 3 is 2.40 bits per heavy atom. The number of carbonyl (C=O) groups excluding carboxylic acids is 2. The maximum atomic E-state index is 12.4. The van der Waals surface area contributed by atoms with Crippen molar-refractivity contribution in [2.45, 2.75) is 51.6 Å². The number of amides is 2. The second kappa shape index (κ2) is 13.1. The predicted octanol–water partition coefficient (Wildman–Crippen LogP) is 2.29. The number of nitrogens with two attached hydrogens (primary N) is 1. The maximum Gasteiger partial charge on any atom is 0.271 e. The number of anilines is 4. The van der Waals surface area contributed by atoms with Crippen LogP contribution in [0.25, 0.3) is 0 Å². The van der Waals surface area contributed by atoms with Gasteiger partial charge >= 0.3 is 0 Å². The highest BCUT2D eigenvalue weighted by Gasteiger charge is 2.29. The molecule has 0 bridgehead atoms. The number of piperidine rings is 1. The average Bonchev–Trinajstić information content (AvgIpc) is 3.45. The van der Waals surface area contributed by atoms with E-state index in [4.69, 9.17) is 10.7 Å². The van der Waals surface area contributed by atoms with Gasteiger partial charge < -0.3 is 31.1 Å². The Kier molecular flexibility index (Phi) is 9.27. The van der Waals surface area contributed by atoms with Gasteiger partial charge in [0.05, 0.1) is 5.69 Å². The first kappa shape index (κ1) is 29.8. The number of benzene rings is 1. The highest BCUT2D eigenvalue weighted by atomic mass is 16.2. The molecule has 0 unspecified atom stereocenters. The van der Waals surface area contributed by atoms with E-state index in [0.717, 1.165) is 50.4 Å². The van der Waals surface area contributed by atoms with Gasteiger partial charge in [-0.15, -0.1) is 0 Å². The van der Waals surface area contributed by atoms with Crippen molar-refractivity contribution < 1.29 is 9.59 Å². The summed E-state index contributed by atoms with van der Waals surface area (Å²) < 4.78 is 0. The monoisotopic (exact) mass is 575 g/mol. The lowest BCUT2D eigenvalue weighted by molar-refractivity contribution is -0.117. The molecule has 2 aromatic rings. The zero-order valence-electron chi connectivity index (χ0n) is 25.2. The third kappa shape index (κ3) is 6.68. The Morgan fingerprint density at radius 1 is 1.05 bits per heavy atom. The summed E-state index contributed by atoms with van der Waals surface area (Å²) in [4.78, 5) is 43.4. The van der Waals surface area contributed by atoms with Crippen molar-refractivity contribution in [1.29, 1.82) is 0 Å². The van der Waals surface area contributed by atoms with E-state index in [9.17, 15) is 9.59 Å². The van der Waals surface area contributed by atoms with Gasteiger partial charge in [-0.25, -0.2) is 9.97 Å². The van der Waals surface area contributed by atoms with Gasteiger partial charge in [-0.05, 0) is 69.5 Å². The van der Waals surface area contributed by atoms with Crippen molar-refractivity contribution in [2.24, 2.45) is 5.73 Å². The fraction of sp³-hybridized carbons (Fsp3) is 0.548. The summed E-state index contributed by atoms with van der Waals surface area (Å²) in [5.41, 5.74) is 9.81. The number of aromatic nitrogens is 2. The zero-order valence-corrected chi connectivity index (χ0v) is 25.2. The minimum atomic E-state index is -0.625. The van der Waals surface area contributed by atoms with E-state index in [1.165, 1.54) is 37.7 Å². The van der Waals surface area contributed by atoms with E-state index in [-0.39, 0.29) is 17.6 Å². The topological polar surface area (TPSA) is 123 Å². The molecule has 11 heteroatoms. The summed E-state index contributed by atoms with van der Waals surface area (Å²) in [6, 6.07) is 6.95. The number of hydrogen-bond acceptors (Lipinski definition) is 9. The van der Waals surface area contributed by atoms with Crippen LogP contribution >= 0.6 is 0 Å². The van der Waals surface area contributed by atoms with Gasteiger partial charge in [0.1, 0.15) is 0 Å². The van der Waals surface area contributed by atoms with Crippen LogP contribution in [-0.4, -0.2) is 103 Å². The minimum Gasteiger partial charge on any atom is -0.371 e. The molecule has 0 spiro atoms. The lowest BCUT2D eigenvalue weighted by Crippen LogP contribution is -2.52. The smallest absolute Gasteiger partial charge is 0.271 e. The number of aryl methyl sites for hydroxylation is 2. The number of nitrogens with zero attached hydrogens (tertiary/aromatic N) is 6. The normalized spacial score (nSPS) is 20.5. The maximum absolute atomic E-state index is 12.4. The summed E-state index contributed by atoms with van der Waals surface area (Å²) in [7, 11) is 2.21. The summed E-state index contributed by atoms with van der Waals surface area (Å²) >= 11 is 0. The lowest BCUT2D eigenvalue weighted by atomic mass is 10.0. The quantitative estimate of drug-likeness (QED) is 0.387. The first-order chi connectivity index (χ1) is 20.2. The molecule has 3 aliphatic rings. The Morgan fingerprint density at radius 2 is 1.76 bits per heavy atom. The Hall–Kier alpha value is -3.70. The van der Waals surface area contributed by atoms with E-state index in [2.05, 4.69) is 67.9 Å². The fourth-order valence-corrected chi connectivity index (χ4v) is 6.42. The Labute approximate surface area is 249 Å². The molecule has 42 heavy (non-hydrogen) atoms. The number of hydrogen-bond donors (Lipinski definition) is 3. The van der Waals surface area contributed by atoms with Crippen molar-refractivity contribution in [3.63, 3.8) is 0 Å². The number of likely N-dealkylation sites (N-methyl/N-ethyl adjacent to an activating group) is 1. The standard InChI is InChI=1S/C31H45N9O2/c1-5-25-31(40-12-9-23(20-40)33-27(41)6-2)36-30(28(35-25)29(32)42)34-22-7-8-26(21(3)19-22)39-13-10-24(11-14-39)38-17-15-37(4)16-18-38/h6-8,19,23-24H,2,5,9-18,20H2,1,3-4H3,(H2,32,42)(H,33,41)(H,34,36)/t23-/m0/s1. The molecule has 3 fully saturated rings. The van der Waals surface area contributed by atoms with Crippen LogP contribution in [0.5, 0.6) is 0 Å². The summed E-state index contributed by atoms with van der Waals surface area (Å²) in [5, 5.41) is 6.30. The van der Waals surface area contributed by atoms with Gasteiger partial charge in [-0.2, -0.15) is 0 Å². The number of nitrogens with one attached hydrogen (secondary N) is 2. The number of rotatable bonds is 9. The molecule has 1 aromatic carbocycles. The SMILES string of the molecule is C=CC(=O)N[C@H]1CCN(c2nc(Nc3ccc(N4CCC(N5CCN(C)CC5)CC4)c(C)c3)c(C(N)=O)nc2CC)C1. The summed E-state index contributed by atoms with van der Waals surface area (Å²) in [6.45, 7) is 15.7. The molecule has 2 amide bonds. The number of primary amides is 1. The van der Waals surface area contributed by atoms with Gasteiger partial charge in [-0.3, -0.25) is 14.5 Å². The second-order valence-corrected chi connectivity index (χ2v) is 11.7. The zero-order chi connectivity index (χ0) is 29.8. The molecule has 1 aromatic heterocycles. The summed E-state index contributed by atoms with van der Waals surface area (Å²) in [5.74, 6) is 0.235.